The van der Waals surface area contributed by atoms with Gasteiger partial charge in [0.2, 0.25) is 0 Å². The van der Waals surface area contributed by atoms with Crippen molar-refractivity contribution >= 4 is 0 Å². The molecule has 1 fully saturated rings. The quantitative estimate of drug-likeness (QED) is 0.641. The minimum atomic E-state index is 0.485. The van der Waals surface area contributed by atoms with Gasteiger partial charge in [0.1, 0.15) is 0 Å². The van der Waals surface area contributed by atoms with Crippen LogP contribution in [0.1, 0.15) is 26.7 Å². The SMILES string of the molecule is CCC(C)CC1CN(C)CCO1. The summed E-state index contributed by atoms with van der Waals surface area (Å²) in [7, 11) is 2.17. The Kier molecular flexibility index (Phi) is 4.02. The molecule has 0 spiro atoms. The molecule has 0 aromatic rings. The number of hydrogen-bond acceptors (Lipinski definition) is 2. The largest absolute Gasteiger partial charge is 0.376 e. The molecule has 2 atom stereocenters. The first-order valence-electron chi connectivity index (χ1n) is 5.02. The summed E-state index contributed by atoms with van der Waals surface area (Å²) in [5.41, 5.74) is 0. The summed E-state index contributed by atoms with van der Waals surface area (Å²) in [5, 5.41) is 0. The van der Waals surface area contributed by atoms with Crippen LogP contribution in [0.2, 0.25) is 0 Å². The van der Waals surface area contributed by atoms with Crippen LogP contribution in [-0.4, -0.2) is 37.7 Å². The van der Waals surface area contributed by atoms with Gasteiger partial charge in [-0.3, -0.25) is 0 Å². The fraction of sp³-hybridized carbons (Fsp3) is 1.00. The Bertz CT molecular complexity index is 127. The zero-order valence-electron chi connectivity index (χ0n) is 8.55. The van der Waals surface area contributed by atoms with Crippen molar-refractivity contribution in [1.82, 2.24) is 4.90 Å². The Balaban J connectivity index is 2.22. The van der Waals surface area contributed by atoms with Crippen LogP contribution in [0.5, 0.6) is 0 Å². The van der Waals surface area contributed by atoms with Crippen molar-refractivity contribution in [3.63, 3.8) is 0 Å². The maximum atomic E-state index is 5.68. The molecule has 1 heterocycles. The van der Waals surface area contributed by atoms with Crippen molar-refractivity contribution in [2.24, 2.45) is 5.92 Å². The minimum Gasteiger partial charge on any atom is -0.376 e. The highest BCUT2D eigenvalue weighted by Gasteiger charge is 2.18. The maximum absolute atomic E-state index is 5.68. The topological polar surface area (TPSA) is 12.5 Å². The molecule has 0 aliphatic carbocycles. The number of ether oxygens (including phenoxy) is 1. The van der Waals surface area contributed by atoms with Crippen LogP contribution in [0.25, 0.3) is 0 Å². The van der Waals surface area contributed by atoms with Crippen LogP contribution in [0.3, 0.4) is 0 Å². The smallest absolute Gasteiger partial charge is 0.0705 e. The summed E-state index contributed by atoms with van der Waals surface area (Å²) in [6.07, 6.45) is 2.98. The van der Waals surface area contributed by atoms with Crippen molar-refractivity contribution < 1.29 is 4.74 Å². The van der Waals surface area contributed by atoms with E-state index in [0.717, 1.165) is 25.6 Å². The third-order valence-electron chi connectivity index (χ3n) is 2.70. The van der Waals surface area contributed by atoms with Crippen molar-refractivity contribution in [3.8, 4) is 0 Å². The third-order valence-corrected chi connectivity index (χ3v) is 2.70. The molecule has 1 aliphatic rings. The van der Waals surface area contributed by atoms with Gasteiger partial charge in [-0.05, 0) is 19.4 Å². The van der Waals surface area contributed by atoms with Crippen molar-refractivity contribution in [3.05, 3.63) is 0 Å². The summed E-state index contributed by atoms with van der Waals surface area (Å²) in [5.74, 6) is 0.807. The standard InChI is InChI=1S/C10H21NO/c1-4-9(2)7-10-8-11(3)5-6-12-10/h9-10H,4-8H2,1-3H3. The Morgan fingerprint density at radius 3 is 2.92 bits per heavy atom. The second-order valence-electron chi connectivity index (χ2n) is 4.00. The normalized spacial score (nSPS) is 28.8. The van der Waals surface area contributed by atoms with Crippen LogP contribution in [0.15, 0.2) is 0 Å². The van der Waals surface area contributed by atoms with E-state index >= 15 is 0 Å². The molecule has 0 N–H and O–H groups in total. The monoisotopic (exact) mass is 171 g/mol. The minimum absolute atomic E-state index is 0.485. The molecule has 12 heavy (non-hydrogen) atoms. The van der Waals surface area contributed by atoms with Gasteiger partial charge in [-0.2, -0.15) is 0 Å². The first-order valence-corrected chi connectivity index (χ1v) is 5.02. The van der Waals surface area contributed by atoms with Crippen LogP contribution in [0.4, 0.5) is 0 Å². The van der Waals surface area contributed by atoms with Gasteiger partial charge in [-0.1, -0.05) is 20.3 Å². The average Bonchev–Trinajstić information content (AvgIpc) is 2.04. The zero-order valence-corrected chi connectivity index (χ0v) is 8.55. The molecule has 1 rings (SSSR count). The number of likely N-dealkylation sites (N-methyl/N-ethyl adjacent to an activating group) is 1. The molecule has 0 saturated carbocycles. The highest BCUT2D eigenvalue weighted by Crippen LogP contribution is 2.15. The van der Waals surface area contributed by atoms with E-state index in [0.29, 0.717) is 6.10 Å². The van der Waals surface area contributed by atoms with Gasteiger partial charge in [-0.25, -0.2) is 0 Å². The molecule has 1 aliphatic heterocycles. The number of hydrogen-bond donors (Lipinski definition) is 0. The Morgan fingerprint density at radius 2 is 2.33 bits per heavy atom. The second kappa shape index (κ2) is 4.83. The lowest BCUT2D eigenvalue weighted by molar-refractivity contribution is -0.0300. The average molecular weight is 171 g/mol. The van der Waals surface area contributed by atoms with Crippen molar-refractivity contribution in [2.45, 2.75) is 32.8 Å². The van der Waals surface area contributed by atoms with Gasteiger partial charge in [0.15, 0.2) is 0 Å². The predicted molar refractivity (Wildman–Crippen MR) is 51.3 cm³/mol. The molecule has 0 aromatic carbocycles. The van der Waals surface area contributed by atoms with Crippen LogP contribution in [-0.2, 0) is 4.74 Å². The number of rotatable bonds is 3. The second-order valence-corrected chi connectivity index (χ2v) is 4.00. The van der Waals surface area contributed by atoms with Crippen LogP contribution >= 0.6 is 0 Å². The molecule has 0 aromatic heterocycles. The lowest BCUT2D eigenvalue weighted by Gasteiger charge is -2.31. The molecular formula is C10H21NO. The van der Waals surface area contributed by atoms with Crippen LogP contribution < -0.4 is 0 Å². The van der Waals surface area contributed by atoms with Gasteiger partial charge in [0, 0.05) is 13.1 Å². The first kappa shape index (κ1) is 10.0. The summed E-state index contributed by atoms with van der Waals surface area (Å²) in [6, 6.07) is 0. The van der Waals surface area contributed by atoms with Gasteiger partial charge < -0.3 is 9.64 Å². The highest BCUT2D eigenvalue weighted by molar-refractivity contribution is 4.70. The molecule has 0 amide bonds. The van der Waals surface area contributed by atoms with Gasteiger partial charge in [0.05, 0.1) is 12.7 Å². The molecule has 72 valence electrons. The van der Waals surface area contributed by atoms with Gasteiger partial charge in [0.25, 0.3) is 0 Å². The summed E-state index contributed by atoms with van der Waals surface area (Å²) >= 11 is 0. The Morgan fingerprint density at radius 1 is 1.58 bits per heavy atom. The lowest BCUT2D eigenvalue weighted by atomic mass is 10.0. The fourth-order valence-electron chi connectivity index (χ4n) is 1.62. The number of nitrogens with zero attached hydrogens (tertiary/aromatic N) is 1. The van der Waals surface area contributed by atoms with Crippen LogP contribution in [0, 0.1) is 5.92 Å². The molecule has 0 bridgehead atoms. The molecule has 2 heteroatoms. The van der Waals surface area contributed by atoms with E-state index in [2.05, 4.69) is 25.8 Å². The van der Waals surface area contributed by atoms with Gasteiger partial charge in [-0.15, -0.1) is 0 Å². The first-order chi connectivity index (χ1) is 5.72. The molecule has 2 unspecified atom stereocenters. The molecule has 0 radical (unpaired) electrons. The van der Waals surface area contributed by atoms with E-state index in [9.17, 15) is 0 Å². The maximum Gasteiger partial charge on any atom is 0.0705 e. The van der Waals surface area contributed by atoms with E-state index in [1.165, 1.54) is 12.8 Å². The summed E-state index contributed by atoms with van der Waals surface area (Å²) in [4.78, 5) is 2.36. The van der Waals surface area contributed by atoms with Gasteiger partial charge >= 0.3 is 0 Å². The fourth-order valence-corrected chi connectivity index (χ4v) is 1.62. The third kappa shape index (κ3) is 3.11. The Hall–Kier alpha value is -0.0800. The molecule has 2 nitrogen and oxygen atoms in total. The molecular weight excluding hydrogens is 150 g/mol. The lowest BCUT2D eigenvalue weighted by Crippen LogP contribution is -2.40. The Labute approximate surface area is 75.9 Å². The summed E-state index contributed by atoms with van der Waals surface area (Å²) in [6.45, 7) is 7.67. The number of morpholine rings is 1. The van der Waals surface area contributed by atoms with E-state index in [1.807, 2.05) is 0 Å². The highest BCUT2D eigenvalue weighted by atomic mass is 16.5. The van der Waals surface area contributed by atoms with E-state index < -0.39 is 0 Å². The van der Waals surface area contributed by atoms with Crippen molar-refractivity contribution in [1.29, 1.82) is 0 Å². The van der Waals surface area contributed by atoms with E-state index in [1.54, 1.807) is 0 Å². The zero-order chi connectivity index (χ0) is 8.97. The van der Waals surface area contributed by atoms with Crippen molar-refractivity contribution in [2.75, 3.05) is 26.7 Å². The summed E-state index contributed by atoms with van der Waals surface area (Å²) < 4.78 is 5.68. The van der Waals surface area contributed by atoms with E-state index in [-0.39, 0.29) is 0 Å². The molecule has 1 saturated heterocycles. The predicted octanol–water partition coefficient (Wildman–Crippen LogP) is 1.75. The van der Waals surface area contributed by atoms with E-state index in [4.69, 9.17) is 4.74 Å².